The standard InChI is InChI=1S/C20H22N4O4S/c1-15(25)23-19-12-18(8-9-20(19)28-2)29(26,27)22-11-10-16-13-21-24(14-16)17-6-4-3-5-7-17/h3-9,12-14,22H,10-11H2,1-2H3,(H,23,25). The lowest BCUT2D eigenvalue weighted by Gasteiger charge is -2.12. The number of nitrogens with one attached hydrogen (secondary N) is 2. The smallest absolute Gasteiger partial charge is 0.240 e. The van der Waals surface area contributed by atoms with Crippen LogP contribution < -0.4 is 14.8 Å². The van der Waals surface area contributed by atoms with Crippen molar-refractivity contribution in [2.45, 2.75) is 18.2 Å². The van der Waals surface area contributed by atoms with Crippen molar-refractivity contribution in [3.05, 3.63) is 66.5 Å². The van der Waals surface area contributed by atoms with Gasteiger partial charge in [0.2, 0.25) is 15.9 Å². The van der Waals surface area contributed by atoms with Crippen molar-refractivity contribution in [1.82, 2.24) is 14.5 Å². The van der Waals surface area contributed by atoms with Crippen LogP contribution in [-0.4, -0.2) is 37.8 Å². The Labute approximate surface area is 169 Å². The molecule has 8 nitrogen and oxygen atoms in total. The Morgan fingerprint density at radius 2 is 1.93 bits per heavy atom. The van der Waals surface area contributed by atoms with Crippen LogP contribution in [0.25, 0.3) is 5.69 Å². The zero-order chi connectivity index (χ0) is 20.9. The lowest BCUT2D eigenvalue weighted by molar-refractivity contribution is -0.114. The first kappa shape index (κ1) is 20.6. The third kappa shape index (κ3) is 5.21. The Bertz CT molecular complexity index is 1090. The molecule has 0 radical (unpaired) electrons. The largest absolute Gasteiger partial charge is 0.495 e. The summed E-state index contributed by atoms with van der Waals surface area (Å²) in [5.41, 5.74) is 2.14. The number of nitrogens with zero attached hydrogens (tertiary/aromatic N) is 2. The molecule has 1 amide bonds. The topological polar surface area (TPSA) is 102 Å². The fourth-order valence-corrected chi connectivity index (χ4v) is 3.82. The highest BCUT2D eigenvalue weighted by Crippen LogP contribution is 2.27. The zero-order valence-corrected chi connectivity index (χ0v) is 16.9. The molecular weight excluding hydrogens is 392 g/mol. The maximum absolute atomic E-state index is 12.6. The third-order valence-corrected chi connectivity index (χ3v) is 5.61. The molecule has 0 aliphatic rings. The maximum atomic E-state index is 12.6. The molecule has 3 aromatic rings. The molecule has 0 spiro atoms. The van der Waals surface area contributed by atoms with E-state index in [4.69, 9.17) is 4.74 Å². The van der Waals surface area contributed by atoms with E-state index in [0.717, 1.165) is 11.3 Å². The normalized spacial score (nSPS) is 11.2. The van der Waals surface area contributed by atoms with Crippen LogP contribution in [0, 0.1) is 0 Å². The van der Waals surface area contributed by atoms with E-state index in [0.29, 0.717) is 17.9 Å². The summed E-state index contributed by atoms with van der Waals surface area (Å²) in [6.07, 6.45) is 4.07. The van der Waals surface area contributed by atoms with Crippen molar-refractivity contribution in [2.75, 3.05) is 19.0 Å². The molecule has 1 heterocycles. The fourth-order valence-electron chi connectivity index (χ4n) is 2.77. The summed E-state index contributed by atoms with van der Waals surface area (Å²) < 4.78 is 34.7. The molecule has 2 aromatic carbocycles. The number of aromatic nitrogens is 2. The molecule has 0 bridgehead atoms. The number of hydrogen-bond acceptors (Lipinski definition) is 5. The summed E-state index contributed by atoms with van der Waals surface area (Å²) in [5, 5.41) is 6.87. The van der Waals surface area contributed by atoms with Gasteiger partial charge in [-0.3, -0.25) is 4.79 Å². The van der Waals surface area contributed by atoms with E-state index < -0.39 is 10.0 Å². The molecule has 0 aliphatic carbocycles. The monoisotopic (exact) mass is 414 g/mol. The first-order valence-electron chi connectivity index (χ1n) is 8.93. The van der Waals surface area contributed by atoms with Gasteiger partial charge in [-0.2, -0.15) is 5.10 Å². The van der Waals surface area contributed by atoms with Crippen molar-refractivity contribution in [2.24, 2.45) is 0 Å². The zero-order valence-electron chi connectivity index (χ0n) is 16.1. The number of methoxy groups -OCH3 is 1. The second-order valence-corrected chi connectivity index (χ2v) is 8.09. The number of amides is 1. The average molecular weight is 414 g/mol. The van der Waals surface area contributed by atoms with Gasteiger partial charge in [-0.15, -0.1) is 0 Å². The van der Waals surface area contributed by atoms with E-state index in [1.165, 1.54) is 32.2 Å². The van der Waals surface area contributed by atoms with Crippen molar-refractivity contribution in [3.63, 3.8) is 0 Å². The van der Waals surface area contributed by atoms with Crippen molar-refractivity contribution in [1.29, 1.82) is 0 Å². The quantitative estimate of drug-likeness (QED) is 0.589. The van der Waals surface area contributed by atoms with Crippen LogP contribution in [0.1, 0.15) is 12.5 Å². The molecule has 0 unspecified atom stereocenters. The highest BCUT2D eigenvalue weighted by atomic mass is 32.2. The molecule has 9 heteroatoms. The van der Waals surface area contributed by atoms with E-state index in [-0.39, 0.29) is 17.3 Å². The molecule has 0 atom stereocenters. The van der Waals surface area contributed by atoms with E-state index in [1.807, 2.05) is 36.5 Å². The molecule has 0 saturated heterocycles. The highest BCUT2D eigenvalue weighted by Gasteiger charge is 2.17. The fraction of sp³-hybridized carbons (Fsp3) is 0.200. The van der Waals surface area contributed by atoms with Gasteiger partial charge in [0.05, 0.1) is 29.6 Å². The number of rotatable bonds is 8. The Morgan fingerprint density at radius 3 is 2.62 bits per heavy atom. The van der Waals surface area contributed by atoms with Crippen LogP contribution in [0.3, 0.4) is 0 Å². The van der Waals surface area contributed by atoms with Crippen LogP contribution in [0.15, 0.2) is 65.8 Å². The van der Waals surface area contributed by atoms with Crippen LogP contribution in [-0.2, 0) is 21.2 Å². The van der Waals surface area contributed by atoms with Crippen molar-refractivity contribution in [3.8, 4) is 11.4 Å². The molecule has 0 aliphatic heterocycles. The summed E-state index contributed by atoms with van der Waals surface area (Å²) in [7, 11) is -2.30. The SMILES string of the molecule is COc1ccc(S(=O)(=O)NCCc2cnn(-c3ccccc3)c2)cc1NC(C)=O. The molecule has 3 rings (SSSR count). The number of hydrogen-bond donors (Lipinski definition) is 2. The first-order chi connectivity index (χ1) is 13.9. The lowest BCUT2D eigenvalue weighted by atomic mass is 10.2. The predicted octanol–water partition coefficient (Wildman–Crippen LogP) is 2.36. The summed E-state index contributed by atoms with van der Waals surface area (Å²) in [6, 6.07) is 14.0. The van der Waals surface area contributed by atoms with Gasteiger partial charge in [-0.25, -0.2) is 17.8 Å². The Morgan fingerprint density at radius 1 is 1.17 bits per heavy atom. The van der Waals surface area contributed by atoms with E-state index in [2.05, 4.69) is 15.1 Å². The minimum atomic E-state index is -3.74. The molecule has 0 fully saturated rings. The van der Waals surface area contributed by atoms with Gasteiger partial charge in [0.1, 0.15) is 5.75 Å². The Hall–Kier alpha value is -3.17. The van der Waals surface area contributed by atoms with Crippen LogP contribution in [0.2, 0.25) is 0 Å². The first-order valence-corrected chi connectivity index (χ1v) is 10.4. The second-order valence-electron chi connectivity index (χ2n) is 6.32. The minimum absolute atomic E-state index is 0.0435. The molecule has 29 heavy (non-hydrogen) atoms. The van der Waals surface area contributed by atoms with Crippen LogP contribution >= 0.6 is 0 Å². The Kier molecular flexibility index (Phi) is 6.30. The minimum Gasteiger partial charge on any atom is -0.495 e. The number of ether oxygens (including phenoxy) is 1. The van der Waals surface area contributed by atoms with Gasteiger partial charge in [0, 0.05) is 19.7 Å². The maximum Gasteiger partial charge on any atom is 0.240 e. The summed E-state index contributed by atoms with van der Waals surface area (Å²) in [6.45, 7) is 1.55. The molecule has 152 valence electrons. The van der Waals surface area contributed by atoms with Crippen molar-refractivity contribution < 1.29 is 17.9 Å². The van der Waals surface area contributed by atoms with Gasteiger partial charge in [0.15, 0.2) is 0 Å². The van der Waals surface area contributed by atoms with Gasteiger partial charge in [-0.1, -0.05) is 18.2 Å². The number of carbonyl (C=O) groups is 1. The number of carbonyl (C=O) groups excluding carboxylic acids is 1. The second kappa shape index (κ2) is 8.89. The van der Waals surface area contributed by atoms with E-state index >= 15 is 0 Å². The van der Waals surface area contributed by atoms with E-state index in [9.17, 15) is 13.2 Å². The van der Waals surface area contributed by atoms with E-state index in [1.54, 1.807) is 10.9 Å². The average Bonchev–Trinajstić information content (AvgIpc) is 3.17. The summed E-state index contributed by atoms with van der Waals surface area (Å²) in [4.78, 5) is 11.4. The van der Waals surface area contributed by atoms with Gasteiger partial charge in [0.25, 0.3) is 0 Å². The Balaban J connectivity index is 1.66. The molecule has 0 saturated carbocycles. The number of sulfonamides is 1. The number of benzene rings is 2. The van der Waals surface area contributed by atoms with Gasteiger partial charge >= 0.3 is 0 Å². The van der Waals surface area contributed by atoms with Gasteiger partial charge in [-0.05, 0) is 42.3 Å². The van der Waals surface area contributed by atoms with Crippen LogP contribution in [0.4, 0.5) is 5.69 Å². The molecule has 1 aromatic heterocycles. The lowest BCUT2D eigenvalue weighted by Crippen LogP contribution is -2.26. The summed E-state index contributed by atoms with van der Waals surface area (Å²) >= 11 is 0. The van der Waals surface area contributed by atoms with Crippen molar-refractivity contribution >= 4 is 21.6 Å². The highest BCUT2D eigenvalue weighted by molar-refractivity contribution is 7.89. The summed E-state index contributed by atoms with van der Waals surface area (Å²) in [5.74, 6) is 0.0636. The van der Waals surface area contributed by atoms with Crippen LogP contribution in [0.5, 0.6) is 5.75 Å². The third-order valence-electron chi connectivity index (χ3n) is 4.15. The molecular formula is C20H22N4O4S. The number of para-hydroxylation sites is 1. The predicted molar refractivity (Wildman–Crippen MR) is 110 cm³/mol. The molecule has 2 N–H and O–H groups in total. The van der Waals surface area contributed by atoms with Gasteiger partial charge < -0.3 is 10.1 Å². The number of anilines is 1.